The van der Waals surface area contributed by atoms with Crippen molar-refractivity contribution in [2.75, 3.05) is 0 Å². The zero-order valence-electron chi connectivity index (χ0n) is 7.13. The van der Waals surface area contributed by atoms with Crippen LogP contribution in [-0.2, 0) is 0 Å². The van der Waals surface area contributed by atoms with E-state index in [1.165, 1.54) is 0 Å². The lowest BCUT2D eigenvalue weighted by Gasteiger charge is -2.08. The number of pyridine rings is 1. The van der Waals surface area contributed by atoms with Gasteiger partial charge in [-0.25, -0.2) is 0 Å². The van der Waals surface area contributed by atoms with E-state index >= 15 is 0 Å². The molecule has 1 atom stereocenters. The van der Waals surface area contributed by atoms with Gasteiger partial charge in [-0.1, -0.05) is 29.3 Å². The molecule has 0 fully saturated rings. The predicted molar refractivity (Wildman–Crippen MR) is 53.8 cm³/mol. The average molecular weight is 229 g/mol. The fourth-order valence-corrected chi connectivity index (χ4v) is 1.44. The van der Waals surface area contributed by atoms with E-state index in [-0.39, 0.29) is 6.04 Å². The zero-order chi connectivity index (χ0) is 8.97. The highest BCUT2D eigenvalue weighted by atomic mass is 79.9. The first-order chi connectivity index (χ1) is 5.74. The highest BCUT2D eigenvalue weighted by Crippen LogP contribution is 2.16. The van der Waals surface area contributed by atoms with Crippen molar-refractivity contribution in [3.63, 3.8) is 0 Å². The molecule has 2 nitrogen and oxygen atoms in total. The molecular formula is C9H13BrN2. The molecule has 0 saturated heterocycles. The number of rotatable bonds is 3. The summed E-state index contributed by atoms with van der Waals surface area (Å²) in [6, 6.07) is 3.95. The molecule has 0 aliphatic heterocycles. The molecule has 66 valence electrons. The molecule has 1 aromatic rings. The minimum Gasteiger partial charge on any atom is -0.323 e. The fraction of sp³-hybridized carbons (Fsp3) is 0.444. The van der Waals surface area contributed by atoms with Crippen molar-refractivity contribution in [1.29, 1.82) is 0 Å². The normalized spacial score (nSPS) is 12.9. The molecule has 0 aliphatic carbocycles. The lowest BCUT2D eigenvalue weighted by atomic mass is 10.1. The van der Waals surface area contributed by atoms with Crippen LogP contribution in [0.4, 0.5) is 0 Å². The molecule has 1 unspecified atom stereocenters. The molecule has 12 heavy (non-hydrogen) atoms. The van der Waals surface area contributed by atoms with E-state index in [1.54, 1.807) is 6.20 Å². The first-order valence-electron chi connectivity index (χ1n) is 4.11. The topological polar surface area (TPSA) is 38.9 Å². The van der Waals surface area contributed by atoms with Gasteiger partial charge in [-0.2, -0.15) is 0 Å². The Morgan fingerprint density at radius 2 is 2.42 bits per heavy atom. The van der Waals surface area contributed by atoms with Crippen LogP contribution in [0.1, 0.15) is 31.5 Å². The predicted octanol–water partition coefficient (Wildman–Crippen LogP) is 2.64. The molecule has 0 aliphatic rings. The number of hydrogen-bond donors (Lipinski definition) is 1. The van der Waals surface area contributed by atoms with Gasteiger partial charge >= 0.3 is 0 Å². The Bertz CT molecular complexity index is 250. The summed E-state index contributed by atoms with van der Waals surface area (Å²) in [5.41, 5.74) is 6.86. The number of hydrogen-bond acceptors (Lipinski definition) is 2. The SMILES string of the molecule is CCCC(N)c1cc(Br)ccn1. The van der Waals surface area contributed by atoms with Crippen LogP contribution in [0.15, 0.2) is 22.8 Å². The van der Waals surface area contributed by atoms with Crippen LogP contribution in [-0.4, -0.2) is 4.98 Å². The summed E-state index contributed by atoms with van der Waals surface area (Å²) in [6.07, 6.45) is 3.85. The molecular weight excluding hydrogens is 216 g/mol. The van der Waals surface area contributed by atoms with Crippen molar-refractivity contribution in [2.24, 2.45) is 5.73 Å². The number of aromatic nitrogens is 1. The summed E-state index contributed by atoms with van der Waals surface area (Å²) in [7, 11) is 0. The van der Waals surface area contributed by atoms with E-state index in [2.05, 4.69) is 27.8 Å². The smallest absolute Gasteiger partial charge is 0.0582 e. The van der Waals surface area contributed by atoms with E-state index in [9.17, 15) is 0 Å². The van der Waals surface area contributed by atoms with Crippen molar-refractivity contribution < 1.29 is 0 Å². The molecule has 3 heteroatoms. The van der Waals surface area contributed by atoms with Gasteiger partial charge in [-0.15, -0.1) is 0 Å². The van der Waals surface area contributed by atoms with Gasteiger partial charge in [0.1, 0.15) is 0 Å². The Labute approximate surface area is 81.3 Å². The van der Waals surface area contributed by atoms with Crippen molar-refractivity contribution in [3.05, 3.63) is 28.5 Å². The zero-order valence-corrected chi connectivity index (χ0v) is 8.71. The molecule has 0 spiro atoms. The van der Waals surface area contributed by atoms with Crippen LogP contribution in [0.2, 0.25) is 0 Å². The molecule has 0 radical (unpaired) electrons. The van der Waals surface area contributed by atoms with Gasteiger partial charge in [0, 0.05) is 16.7 Å². The average Bonchev–Trinajstić information content (AvgIpc) is 2.05. The minimum atomic E-state index is 0.0764. The van der Waals surface area contributed by atoms with Crippen molar-refractivity contribution >= 4 is 15.9 Å². The third kappa shape index (κ3) is 2.57. The molecule has 0 amide bonds. The summed E-state index contributed by atoms with van der Waals surface area (Å²) in [6.45, 7) is 2.12. The van der Waals surface area contributed by atoms with Gasteiger partial charge in [-0.05, 0) is 18.6 Å². The second-order valence-corrected chi connectivity index (χ2v) is 3.71. The first-order valence-corrected chi connectivity index (χ1v) is 4.90. The summed E-state index contributed by atoms with van der Waals surface area (Å²) in [4.78, 5) is 4.20. The third-order valence-electron chi connectivity index (χ3n) is 1.72. The van der Waals surface area contributed by atoms with E-state index < -0.39 is 0 Å². The molecule has 1 aromatic heterocycles. The van der Waals surface area contributed by atoms with Gasteiger partial charge in [0.25, 0.3) is 0 Å². The maximum Gasteiger partial charge on any atom is 0.0582 e. The maximum atomic E-state index is 5.89. The van der Waals surface area contributed by atoms with Gasteiger partial charge in [0.05, 0.1) is 5.69 Å². The van der Waals surface area contributed by atoms with Gasteiger partial charge in [0.2, 0.25) is 0 Å². The summed E-state index contributed by atoms with van der Waals surface area (Å²) in [5, 5.41) is 0. The van der Waals surface area contributed by atoms with Crippen LogP contribution in [0.25, 0.3) is 0 Å². The lowest BCUT2D eigenvalue weighted by molar-refractivity contribution is 0.621. The molecule has 1 heterocycles. The van der Waals surface area contributed by atoms with Gasteiger partial charge in [-0.3, -0.25) is 4.98 Å². The first kappa shape index (κ1) is 9.68. The Morgan fingerprint density at radius 1 is 1.67 bits per heavy atom. The molecule has 2 N–H and O–H groups in total. The second-order valence-electron chi connectivity index (χ2n) is 2.79. The number of nitrogens with zero attached hydrogens (tertiary/aromatic N) is 1. The van der Waals surface area contributed by atoms with E-state index in [0.29, 0.717) is 0 Å². The van der Waals surface area contributed by atoms with E-state index in [4.69, 9.17) is 5.73 Å². The van der Waals surface area contributed by atoms with Gasteiger partial charge in [0.15, 0.2) is 0 Å². The Kier molecular flexibility index (Phi) is 3.69. The Balaban J connectivity index is 2.73. The van der Waals surface area contributed by atoms with Crippen LogP contribution >= 0.6 is 15.9 Å². The van der Waals surface area contributed by atoms with Crippen LogP contribution in [0, 0.1) is 0 Å². The molecule has 1 rings (SSSR count). The highest BCUT2D eigenvalue weighted by molar-refractivity contribution is 9.10. The Morgan fingerprint density at radius 3 is 3.00 bits per heavy atom. The fourth-order valence-electron chi connectivity index (χ4n) is 1.08. The maximum absolute atomic E-state index is 5.89. The molecule has 0 aromatic carbocycles. The summed E-state index contributed by atoms with van der Waals surface area (Å²) in [5.74, 6) is 0. The minimum absolute atomic E-state index is 0.0764. The summed E-state index contributed by atoms with van der Waals surface area (Å²) < 4.78 is 1.04. The number of nitrogens with two attached hydrogens (primary N) is 1. The molecule has 0 bridgehead atoms. The van der Waals surface area contributed by atoms with E-state index in [0.717, 1.165) is 23.0 Å². The van der Waals surface area contributed by atoms with Crippen molar-refractivity contribution in [3.8, 4) is 0 Å². The van der Waals surface area contributed by atoms with E-state index in [1.807, 2.05) is 12.1 Å². The van der Waals surface area contributed by atoms with Crippen LogP contribution in [0.3, 0.4) is 0 Å². The van der Waals surface area contributed by atoms with Crippen LogP contribution < -0.4 is 5.73 Å². The second kappa shape index (κ2) is 4.58. The van der Waals surface area contributed by atoms with Crippen LogP contribution in [0.5, 0.6) is 0 Å². The number of halogens is 1. The largest absolute Gasteiger partial charge is 0.323 e. The quantitative estimate of drug-likeness (QED) is 0.865. The standard InChI is InChI=1S/C9H13BrN2/c1-2-3-8(11)9-6-7(10)4-5-12-9/h4-6,8H,2-3,11H2,1H3. The molecule has 0 saturated carbocycles. The summed E-state index contributed by atoms with van der Waals surface area (Å²) >= 11 is 3.39. The third-order valence-corrected chi connectivity index (χ3v) is 2.22. The van der Waals surface area contributed by atoms with Gasteiger partial charge < -0.3 is 5.73 Å². The monoisotopic (exact) mass is 228 g/mol. The Hall–Kier alpha value is -0.410. The van der Waals surface area contributed by atoms with Crippen molar-refractivity contribution in [2.45, 2.75) is 25.8 Å². The van der Waals surface area contributed by atoms with Crippen molar-refractivity contribution in [1.82, 2.24) is 4.98 Å². The lowest BCUT2D eigenvalue weighted by Crippen LogP contribution is -2.11. The highest BCUT2D eigenvalue weighted by Gasteiger charge is 2.05.